The van der Waals surface area contributed by atoms with Crippen molar-refractivity contribution in [1.82, 2.24) is 19.6 Å². The second-order valence-corrected chi connectivity index (χ2v) is 7.99. The van der Waals surface area contributed by atoms with Crippen molar-refractivity contribution in [3.63, 3.8) is 0 Å². The van der Waals surface area contributed by atoms with Gasteiger partial charge in [0, 0.05) is 50.0 Å². The maximum Gasteiger partial charge on any atom is 0.123 e. The van der Waals surface area contributed by atoms with Crippen molar-refractivity contribution >= 4 is 0 Å². The van der Waals surface area contributed by atoms with Crippen LogP contribution in [-0.4, -0.2) is 66.0 Å². The predicted molar refractivity (Wildman–Crippen MR) is 117 cm³/mol. The summed E-state index contributed by atoms with van der Waals surface area (Å²) in [5.41, 5.74) is 4.91. The Labute approximate surface area is 177 Å². The van der Waals surface area contributed by atoms with Crippen molar-refractivity contribution in [2.75, 3.05) is 46.4 Å². The molecular weight excluding hydrogens is 379 g/mol. The largest absolute Gasteiger partial charge is 0.379 e. The van der Waals surface area contributed by atoms with Crippen molar-refractivity contribution in [3.05, 3.63) is 71.7 Å². The van der Waals surface area contributed by atoms with Gasteiger partial charge in [-0.25, -0.2) is 9.07 Å². The molecule has 1 saturated heterocycles. The summed E-state index contributed by atoms with van der Waals surface area (Å²) in [7, 11) is 2.12. The molecule has 6 heteroatoms. The summed E-state index contributed by atoms with van der Waals surface area (Å²) >= 11 is 0. The molecule has 0 amide bonds. The molecule has 0 aliphatic carbocycles. The van der Waals surface area contributed by atoms with Gasteiger partial charge in [0.25, 0.3) is 0 Å². The molecule has 3 aromatic rings. The fraction of sp³-hybridized carbons (Fsp3) is 0.375. The molecule has 0 saturated carbocycles. The first-order valence-corrected chi connectivity index (χ1v) is 10.5. The standard InChI is InChI=1S/C24H29FN4O/c1-19-5-3-8-23(15-19)29-18-21(24(26-29)20-6-4-7-22(25)16-20)17-27(2)9-10-28-11-13-30-14-12-28/h3-8,15-16,18H,9-14,17H2,1-2H3. The number of halogens is 1. The number of hydrogen-bond acceptors (Lipinski definition) is 4. The quantitative estimate of drug-likeness (QED) is 0.596. The van der Waals surface area contributed by atoms with E-state index in [1.807, 2.05) is 22.9 Å². The average Bonchev–Trinajstić information content (AvgIpc) is 3.17. The van der Waals surface area contributed by atoms with Gasteiger partial charge in [-0.3, -0.25) is 4.90 Å². The number of benzene rings is 2. The molecule has 5 nitrogen and oxygen atoms in total. The van der Waals surface area contributed by atoms with Crippen LogP contribution in [0.5, 0.6) is 0 Å². The lowest BCUT2D eigenvalue weighted by atomic mass is 10.1. The van der Waals surface area contributed by atoms with Crippen LogP contribution in [0.1, 0.15) is 11.1 Å². The third-order valence-corrected chi connectivity index (χ3v) is 5.50. The number of aromatic nitrogens is 2. The molecule has 0 N–H and O–H groups in total. The van der Waals surface area contributed by atoms with E-state index in [4.69, 9.17) is 9.84 Å². The summed E-state index contributed by atoms with van der Waals surface area (Å²) in [6.07, 6.45) is 2.07. The summed E-state index contributed by atoms with van der Waals surface area (Å²) in [6.45, 7) is 8.41. The van der Waals surface area contributed by atoms with E-state index in [2.05, 4.69) is 42.1 Å². The highest BCUT2D eigenvalue weighted by molar-refractivity contribution is 5.63. The van der Waals surface area contributed by atoms with Crippen LogP contribution in [0.2, 0.25) is 0 Å². The lowest BCUT2D eigenvalue weighted by Gasteiger charge is -2.28. The summed E-state index contributed by atoms with van der Waals surface area (Å²) in [5, 5.41) is 4.83. The van der Waals surface area contributed by atoms with Crippen molar-refractivity contribution < 1.29 is 9.13 Å². The van der Waals surface area contributed by atoms with Gasteiger partial charge in [-0.2, -0.15) is 5.10 Å². The Kier molecular flexibility index (Phi) is 6.57. The van der Waals surface area contributed by atoms with Crippen molar-refractivity contribution in [2.45, 2.75) is 13.5 Å². The smallest absolute Gasteiger partial charge is 0.123 e. The number of ether oxygens (including phenoxy) is 1. The number of hydrogen-bond donors (Lipinski definition) is 0. The van der Waals surface area contributed by atoms with Crippen LogP contribution in [-0.2, 0) is 11.3 Å². The molecule has 1 aliphatic rings. The number of likely N-dealkylation sites (N-methyl/N-ethyl adjacent to an activating group) is 1. The van der Waals surface area contributed by atoms with Gasteiger partial charge >= 0.3 is 0 Å². The molecule has 1 aromatic heterocycles. The second-order valence-electron chi connectivity index (χ2n) is 7.99. The molecule has 2 aromatic carbocycles. The summed E-state index contributed by atoms with van der Waals surface area (Å²) in [5.74, 6) is -0.246. The molecule has 1 fully saturated rings. The van der Waals surface area contributed by atoms with E-state index in [0.29, 0.717) is 0 Å². The first-order chi connectivity index (χ1) is 14.6. The first kappa shape index (κ1) is 20.7. The van der Waals surface area contributed by atoms with E-state index >= 15 is 0 Å². The second kappa shape index (κ2) is 9.51. The number of rotatable bonds is 7. The fourth-order valence-corrected chi connectivity index (χ4v) is 3.81. The van der Waals surface area contributed by atoms with Crippen LogP contribution in [0.4, 0.5) is 4.39 Å². The zero-order valence-corrected chi connectivity index (χ0v) is 17.7. The number of aryl methyl sites for hydroxylation is 1. The molecule has 0 atom stereocenters. The van der Waals surface area contributed by atoms with Crippen molar-refractivity contribution in [3.8, 4) is 16.9 Å². The Balaban J connectivity index is 1.56. The predicted octanol–water partition coefficient (Wildman–Crippen LogP) is 3.75. The Morgan fingerprint density at radius 3 is 2.67 bits per heavy atom. The van der Waals surface area contributed by atoms with E-state index in [1.165, 1.54) is 11.6 Å². The van der Waals surface area contributed by atoms with Gasteiger partial charge in [0.15, 0.2) is 0 Å². The number of morpholine rings is 1. The monoisotopic (exact) mass is 408 g/mol. The molecular formula is C24H29FN4O. The highest BCUT2D eigenvalue weighted by atomic mass is 19.1. The average molecular weight is 409 g/mol. The minimum Gasteiger partial charge on any atom is -0.379 e. The minimum atomic E-state index is -0.246. The molecule has 2 heterocycles. The maximum atomic E-state index is 13.9. The zero-order chi connectivity index (χ0) is 20.9. The van der Waals surface area contributed by atoms with Gasteiger partial charge in [-0.05, 0) is 43.8 Å². The SMILES string of the molecule is Cc1cccc(-n2cc(CN(C)CCN3CCOCC3)c(-c3cccc(F)c3)n2)c1. The fourth-order valence-electron chi connectivity index (χ4n) is 3.81. The van der Waals surface area contributed by atoms with Crippen molar-refractivity contribution in [2.24, 2.45) is 0 Å². The van der Waals surface area contributed by atoms with Crippen LogP contribution in [0, 0.1) is 12.7 Å². The molecule has 0 unspecified atom stereocenters. The lowest BCUT2D eigenvalue weighted by molar-refractivity contribution is 0.0342. The van der Waals surface area contributed by atoms with Crippen LogP contribution in [0.15, 0.2) is 54.7 Å². The number of nitrogens with zero attached hydrogens (tertiary/aromatic N) is 4. The molecule has 0 bridgehead atoms. The van der Waals surface area contributed by atoms with E-state index in [-0.39, 0.29) is 5.82 Å². The van der Waals surface area contributed by atoms with E-state index in [9.17, 15) is 4.39 Å². The molecule has 4 rings (SSSR count). The molecule has 0 radical (unpaired) electrons. The van der Waals surface area contributed by atoms with Crippen LogP contribution < -0.4 is 0 Å². The van der Waals surface area contributed by atoms with E-state index in [0.717, 1.165) is 68.4 Å². The Morgan fingerprint density at radius 2 is 1.90 bits per heavy atom. The van der Waals surface area contributed by atoms with Gasteiger partial charge in [0.1, 0.15) is 5.82 Å². The highest BCUT2D eigenvalue weighted by Gasteiger charge is 2.16. The molecule has 158 valence electrons. The normalized spacial score (nSPS) is 15.1. The van der Waals surface area contributed by atoms with Gasteiger partial charge in [-0.1, -0.05) is 24.3 Å². The first-order valence-electron chi connectivity index (χ1n) is 10.5. The molecule has 30 heavy (non-hydrogen) atoms. The zero-order valence-electron chi connectivity index (χ0n) is 17.7. The van der Waals surface area contributed by atoms with Crippen molar-refractivity contribution in [1.29, 1.82) is 0 Å². The molecule has 0 spiro atoms. The summed E-state index contributed by atoms with van der Waals surface area (Å²) < 4.78 is 21.2. The highest BCUT2D eigenvalue weighted by Crippen LogP contribution is 2.25. The van der Waals surface area contributed by atoms with Crippen LogP contribution in [0.3, 0.4) is 0 Å². The van der Waals surface area contributed by atoms with Gasteiger partial charge < -0.3 is 9.64 Å². The topological polar surface area (TPSA) is 33.5 Å². The lowest BCUT2D eigenvalue weighted by Crippen LogP contribution is -2.40. The maximum absolute atomic E-state index is 13.9. The van der Waals surface area contributed by atoms with E-state index < -0.39 is 0 Å². The molecule has 1 aliphatic heterocycles. The summed E-state index contributed by atoms with van der Waals surface area (Å²) in [6, 6.07) is 14.9. The van der Waals surface area contributed by atoms with Gasteiger partial charge in [0.05, 0.1) is 24.6 Å². The van der Waals surface area contributed by atoms with E-state index in [1.54, 1.807) is 12.1 Å². The third kappa shape index (κ3) is 5.14. The Bertz CT molecular complexity index is 981. The Hall–Kier alpha value is -2.54. The van der Waals surface area contributed by atoms with Gasteiger partial charge in [-0.15, -0.1) is 0 Å². The summed E-state index contributed by atoms with van der Waals surface area (Å²) in [4.78, 5) is 4.74. The third-order valence-electron chi connectivity index (χ3n) is 5.50. The van der Waals surface area contributed by atoms with Crippen LogP contribution >= 0.6 is 0 Å². The van der Waals surface area contributed by atoms with Gasteiger partial charge in [0.2, 0.25) is 0 Å². The van der Waals surface area contributed by atoms with Crippen LogP contribution in [0.25, 0.3) is 16.9 Å². The Morgan fingerprint density at radius 1 is 1.10 bits per heavy atom. The minimum absolute atomic E-state index is 0.246.